The molecular weight excluding hydrogens is 405 g/mol. The minimum atomic E-state index is -0.344. The molecule has 2 aromatic carbocycles. The minimum absolute atomic E-state index is 0.0697. The maximum absolute atomic E-state index is 12.4. The molecule has 0 saturated carbocycles. The number of anilines is 1. The number of nitrogens with one attached hydrogen (secondary N) is 2. The van der Waals surface area contributed by atoms with Crippen LogP contribution in [0.3, 0.4) is 0 Å². The van der Waals surface area contributed by atoms with E-state index in [2.05, 4.69) is 15.6 Å². The van der Waals surface area contributed by atoms with Crippen molar-refractivity contribution >= 4 is 51.5 Å². The predicted octanol–water partition coefficient (Wildman–Crippen LogP) is 5.01. The van der Waals surface area contributed by atoms with E-state index in [-0.39, 0.29) is 16.8 Å². The topological polar surface area (TPSA) is 71.1 Å². The van der Waals surface area contributed by atoms with Gasteiger partial charge in [-0.2, -0.15) is 0 Å². The fourth-order valence-corrected chi connectivity index (χ4v) is 3.53. The fraction of sp³-hybridized carbons (Fsp3) is 0.105. The predicted molar refractivity (Wildman–Crippen MR) is 109 cm³/mol. The van der Waals surface area contributed by atoms with Gasteiger partial charge in [0.2, 0.25) is 5.91 Å². The molecule has 1 heterocycles. The van der Waals surface area contributed by atoms with E-state index in [4.69, 9.17) is 23.2 Å². The highest BCUT2D eigenvalue weighted by Crippen LogP contribution is 2.27. The molecule has 0 radical (unpaired) electrons. The van der Waals surface area contributed by atoms with Gasteiger partial charge >= 0.3 is 0 Å². The van der Waals surface area contributed by atoms with Crippen LogP contribution in [0.5, 0.6) is 0 Å². The zero-order valence-electron chi connectivity index (χ0n) is 14.3. The first-order chi connectivity index (χ1) is 12.9. The smallest absolute Gasteiger partial charge is 0.258 e. The van der Waals surface area contributed by atoms with Crippen molar-refractivity contribution < 1.29 is 9.59 Å². The average molecular weight is 420 g/mol. The van der Waals surface area contributed by atoms with Gasteiger partial charge in [0.15, 0.2) is 5.13 Å². The number of thiazole rings is 1. The molecule has 0 bridgehead atoms. The van der Waals surface area contributed by atoms with Gasteiger partial charge in [-0.25, -0.2) is 4.98 Å². The second kappa shape index (κ2) is 8.52. The molecule has 0 aliphatic carbocycles. The van der Waals surface area contributed by atoms with Crippen molar-refractivity contribution in [3.05, 3.63) is 69.0 Å². The quantitative estimate of drug-likeness (QED) is 0.610. The molecule has 0 aliphatic rings. The van der Waals surface area contributed by atoms with Crippen LogP contribution < -0.4 is 10.6 Å². The van der Waals surface area contributed by atoms with E-state index < -0.39 is 0 Å². The first-order valence-corrected chi connectivity index (χ1v) is 9.61. The summed E-state index contributed by atoms with van der Waals surface area (Å²) in [4.78, 5) is 27.8. The lowest BCUT2D eigenvalue weighted by Gasteiger charge is -2.05. The van der Waals surface area contributed by atoms with Crippen LogP contribution in [0.1, 0.15) is 22.8 Å². The van der Waals surface area contributed by atoms with Crippen LogP contribution in [0.2, 0.25) is 10.0 Å². The van der Waals surface area contributed by atoms with E-state index >= 15 is 0 Å². The van der Waals surface area contributed by atoms with Gasteiger partial charge in [-0.15, -0.1) is 11.3 Å². The van der Waals surface area contributed by atoms with E-state index in [9.17, 15) is 9.59 Å². The van der Waals surface area contributed by atoms with E-state index in [0.717, 1.165) is 16.8 Å². The van der Waals surface area contributed by atoms with Crippen LogP contribution in [0, 0.1) is 0 Å². The molecule has 1 aromatic heterocycles. The van der Waals surface area contributed by atoms with Gasteiger partial charge in [0.25, 0.3) is 5.91 Å². The van der Waals surface area contributed by atoms with Gasteiger partial charge in [-0.1, -0.05) is 47.5 Å². The Bertz CT molecular complexity index is 987. The van der Waals surface area contributed by atoms with Gasteiger partial charge in [0, 0.05) is 29.4 Å². The molecule has 2 N–H and O–H groups in total. The van der Waals surface area contributed by atoms with E-state index in [1.807, 2.05) is 29.6 Å². The number of hydrogen-bond donors (Lipinski definition) is 2. The molecule has 0 atom stereocenters. The minimum Gasteiger partial charge on any atom is -0.352 e. The molecular formula is C19H15Cl2N3O2S. The number of carbonyl (C=O) groups excluding carboxylic acids is 2. The van der Waals surface area contributed by atoms with E-state index in [1.54, 1.807) is 12.1 Å². The summed E-state index contributed by atoms with van der Waals surface area (Å²) in [6.07, 6.45) is 0. The van der Waals surface area contributed by atoms with Gasteiger partial charge in [0.05, 0.1) is 16.3 Å². The zero-order valence-corrected chi connectivity index (χ0v) is 16.6. The van der Waals surface area contributed by atoms with Crippen LogP contribution in [-0.4, -0.2) is 16.8 Å². The normalized spacial score (nSPS) is 10.5. The van der Waals surface area contributed by atoms with Gasteiger partial charge < -0.3 is 5.32 Å². The lowest BCUT2D eigenvalue weighted by atomic mass is 10.1. The summed E-state index contributed by atoms with van der Waals surface area (Å²) in [6.45, 7) is 1.96. The number of halogens is 2. The molecule has 0 unspecified atom stereocenters. The first-order valence-electron chi connectivity index (χ1n) is 7.98. The number of nitrogens with zero attached hydrogens (tertiary/aromatic N) is 1. The number of rotatable bonds is 5. The number of aromatic nitrogens is 1. The van der Waals surface area contributed by atoms with Gasteiger partial charge in [-0.3, -0.25) is 14.9 Å². The van der Waals surface area contributed by atoms with Crippen LogP contribution in [0.4, 0.5) is 5.13 Å². The van der Waals surface area contributed by atoms with Crippen molar-refractivity contribution in [2.75, 3.05) is 5.32 Å². The van der Waals surface area contributed by atoms with Crippen molar-refractivity contribution in [1.82, 2.24) is 10.3 Å². The van der Waals surface area contributed by atoms with Crippen LogP contribution in [-0.2, 0) is 11.3 Å². The fourth-order valence-electron chi connectivity index (χ4n) is 2.32. The molecule has 0 fully saturated rings. The molecule has 5 nitrogen and oxygen atoms in total. The Kier molecular flexibility index (Phi) is 6.11. The van der Waals surface area contributed by atoms with Crippen LogP contribution in [0.15, 0.2) is 47.8 Å². The Morgan fingerprint density at radius 3 is 2.52 bits per heavy atom. The SMILES string of the molecule is CC(=O)NCc1ccc(-c2csc(NC(=O)c3ccc(Cl)cc3Cl)n2)cc1. The number of benzene rings is 2. The maximum atomic E-state index is 12.4. The first kappa shape index (κ1) is 19.4. The highest BCUT2D eigenvalue weighted by atomic mass is 35.5. The second-order valence-electron chi connectivity index (χ2n) is 5.72. The Morgan fingerprint density at radius 1 is 1.11 bits per heavy atom. The molecule has 8 heteroatoms. The summed E-state index contributed by atoms with van der Waals surface area (Å²) >= 11 is 13.2. The van der Waals surface area contributed by atoms with E-state index in [1.165, 1.54) is 24.3 Å². The molecule has 3 aromatic rings. The number of carbonyl (C=O) groups is 2. The summed E-state index contributed by atoms with van der Waals surface area (Å²) in [6, 6.07) is 12.4. The summed E-state index contributed by atoms with van der Waals surface area (Å²) in [7, 11) is 0. The lowest BCUT2D eigenvalue weighted by Crippen LogP contribution is -2.18. The van der Waals surface area contributed by atoms with Gasteiger partial charge in [-0.05, 0) is 23.8 Å². The summed E-state index contributed by atoms with van der Waals surface area (Å²) < 4.78 is 0. The molecule has 27 heavy (non-hydrogen) atoms. The maximum Gasteiger partial charge on any atom is 0.258 e. The number of hydrogen-bond acceptors (Lipinski definition) is 4. The molecule has 0 aliphatic heterocycles. The Balaban J connectivity index is 1.69. The summed E-state index contributed by atoms with van der Waals surface area (Å²) in [5, 5.41) is 8.59. The Morgan fingerprint density at radius 2 is 1.85 bits per heavy atom. The molecule has 3 rings (SSSR count). The third kappa shape index (κ3) is 5.07. The zero-order chi connectivity index (χ0) is 19.4. The highest BCUT2D eigenvalue weighted by molar-refractivity contribution is 7.14. The van der Waals surface area contributed by atoms with Crippen LogP contribution >= 0.6 is 34.5 Å². The molecule has 138 valence electrons. The monoisotopic (exact) mass is 419 g/mol. The van der Waals surface area contributed by atoms with Crippen molar-refractivity contribution in [1.29, 1.82) is 0 Å². The van der Waals surface area contributed by atoms with E-state index in [0.29, 0.717) is 22.3 Å². The standard InChI is InChI=1S/C19H15Cl2N3O2S/c1-11(25)22-9-12-2-4-13(5-3-12)17-10-27-19(23-17)24-18(26)15-7-6-14(20)8-16(15)21/h2-8,10H,9H2,1H3,(H,22,25)(H,23,24,26). The summed E-state index contributed by atoms with van der Waals surface area (Å²) in [5.41, 5.74) is 3.00. The third-order valence-electron chi connectivity index (χ3n) is 3.69. The van der Waals surface area contributed by atoms with Crippen LogP contribution in [0.25, 0.3) is 11.3 Å². The third-order valence-corrected chi connectivity index (χ3v) is 5.00. The second-order valence-corrected chi connectivity index (χ2v) is 7.42. The van der Waals surface area contributed by atoms with Gasteiger partial charge in [0.1, 0.15) is 0 Å². The van der Waals surface area contributed by atoms with Crippen molar-refractivity contribution in [2.24, 2.45) is 0 Å². The highest BCUT2D eigenvalue weighted by Gasteiger charge is 2.13. The van der Waals surface area contributed by atoms with Crippen molar-refractivity contribution in [2.45, 2.75) is 13.5 Å². The Hall–Kier alpha value is -2.41. The molecule has 2 amide bonds. The van der Waals surface area contributed by atoms with Crippen molar-refractivity contribution in [3.8, 4) is 11.3 Å². The lowest BCUT2D eigenvalue weighted by molar-refractivity contribution is -0.119. The molecule has 0 saturated heterocycles. The Labute approximate surface area is 170 Å². The summed E-state index contributed by atoms with van der Waals surface area (Å²) in [5.74, 6) is -0.414. The largest absolute Gasteiger partial charge is 0.352 e. The van der Waals surface area contributed by atoms with Crippen molar-refractivity contribution in [3.63, 3.8) is 0 Å². The average Bonchev–Trinajstić information content (AvgIpc) is 3.08. The molecule has 0 spiro atoms. The number of amides is 2.